The number of carbonyl (C=O) groups excluding carboxylic acids is 1. The zero-order valence-corrected chi connectivity index (χ0v) is 17.9. The minimum absolute atomic E-state index is 0.205. The van der Waals surface area contributed by atoms with E-state index in [0.717, 1.165) is 21.7 Å². The molecule has 8 heteroatoms. The Balaban J connectivity index is 1.62. The average molecular weight is 429 g/mol. The molecule has 0 radical (unpaired) electrons. The SMILES string of the molecule is CC1=C(C(=O)Nc2cccnc2)C(c2cccc(C)c2)n2nc(-c3cccs3)nc2N1. The summed E-state index contributed by atoms with van der Waals surface area (Å²) in [5, 5.41) is 13.0. The van der Waals surface area contributed by atoms with Crippen LogP contribution in [0.5, 0.6) is 0 Å². The van der Waals surface area contributed by atoms with Crippen LogP contribution >= 0.6 is 11.3 Å². The molecule has 31 heavy (non-hydrogen) atoms. The van der Waals surface area contributed by atoms with Gasteiger partial charge in [-0.1, -0.05) is 35.9 Å². The van der Waals surface area contributed by atoms with E-state index in [1.807, 2.05) is 55.6 Å². The Morgan fingerprint density at radius 2 is 2.06 bits per heavy atom. The summed E-state index contributed by atoms with van der Waals surface area (Å²) in [6, 6.07) is 15.3. The number of anilines is 2. The number of benzene rings is 1. The molecule has 7 nitrogen and oxygen atoms in total. The Morgan fingerprint density at radius 1 is 1.16 bits per heavy atom. The van der Waals surface area contributed by atoms with E-state index < -0.39 is 6.04 Å². The van der Waals surface area contributed by atoms with Crippen LogP contribution in [0.25, 0.3) is 10.7 Å². The van der Waals surface area contributed by atoms with Gasteiger partial charge in [0.05, 0.1) is 22.3 Å². The number of hydrogen-bond donors (Lipinski definition) is 2. The molecule has 4 aromatic rings. The molecule has 1 atom stereocenters. The van der Waals surface area contributed by atoms with Crippen LogP contribution in [-0.4, -0.2) is 25.7 Å². The summed E-state index contributed by atoms with van der Waals surface area (Å²) in [5.41, 5.74) is 4.05. The number of amides is 1. The van der Waals surface area contributed by atoms with Crippen molar-refractivity contribution in [2.24, 2.45) is 0 Å². The monoisotopic (exact) mass is 428 g/mol. The third-order valence-corrected chi connectivity index (χ3v) is 5.98. The fraction of sp³-hybridized carbons (Fsp3) is 0.130. The third kappa shape index (κ3) is 3.62. The number of allylic oxidation sites excluding steroid dienone is 1. The first-order chi connectivity index (χ1) is 15.1. The predicted octanol–water partition coefficient (Wildman–Crippen LogP) is 4.64. The first kappa shape index (κ1) is 19.2. The second-order valence-corrected chi connectivity index (χ2v) is 8.30. The van der Waals surface area contributed by atoms with E-state index in [-0.39, 0.29) is 5.91 Å². The molecule has 1 aliphatic rings. The van der Waals surface area contributed by atoms with E-state index in [2.05, 4.69) is 21.7 Å². The van der Waals surface area contributed by atoms with Crippen LogP contribution in [0.3, 0.4) is 0 Å². The maximum Gasteiger partial charge on any atom is 0.255 e. The van der Waals surface area contributed by atoms with Crippen molar-refractivity contribution in [2.45, 2.75) is 19.9 Å². The van der Waals surface area contributed by atoms with Gasteiger partial charge in [0.15, 0.2) is 5.82 Å². The molecule has 0 aliphatic carbocycles. The van der Waals surface area contributed by atoms with Crippen LogP contribution in [0.1, 0.15) is 24.1 Å². The molecule has 0 saturated heterocycles. The summed E-state index contributed by atoms with van der Waals surface area (Å²) >= 11 is 1.58. The lowest BCUT2D eigenvalue weighted by Crippen LogP contribution is -2.31. The van der Waals surface area contributed by atoms with Crippen LogP contribution in [0, 0.1) is 6.92 Å². The van der Waals surface area contributed by atoms with Crippen LogP contribution in [0.15, 0.2) is 77.6 Å². The number of aromatic nitrogens is 4. The zero-order valence-electron chi connectivity index (χ0n) is 17.0. The van der Waals surface area contributed by atoms with Crippen molar-refractivity contribution in [1.29, 1.82) is 0 Å². The molecule has 1 amide bonds. The maximum absolute atomic E-state index is 13.4. The predicted molar refractivity (Wildman–Crippen MR) is 122 cm³/mol. The number of carbonyl (C=O) groups is 1. The minimum atomic E-state index is -0.408. The normalized spacial score (nSPS) is 15.4. The fourth-order valence-electron chi connectivity index (χ4n) is 3.74. The molecule has 5 rings (SSSR count). The van der Waals surface area contributed by atoms with Crippen LogP contribution < -0.4 is 10.6 Å². The molecule has 0 spiro atoms. The Kier molecular flexibility index (Phi) is 4.83. The number of fused-ring (bicyclic) bond motifs is 1. The number of thiophene rings is 1. The van der Waals surface area contributed by atoms with Crippen LogP contribution in [0.4, 0.5) is 11.6 Å². The van der Waals surface area contributed by atoms with Gasteiger partial charge in [-0.2, -0.15) is 4.98 Å². The van der Waals surface area contributed by atoms with Gasteiger partial charge in [-0.15, -0.1) is 16.4 Å². The van der Waals surface area contributed by atoms with Gasteiger partial charge in [-0.3, -0.25) is 9.78 Å². The van der Waals surface area contributed by atoms with E-state index in [0.29, 0.717) is 23.0 Å². The lowest BCUT2D eigenvalue weighted by atomic mass is 9.94. The van der Waals surface area contributed by atoms with Gasteiger partial charge < -0.3 is 10.6 Å². The summed E-state index contributed by atoms with van der Waals surface area (Å²) < 4.78 is 1.80. The number of pyridine rings is 1. The summed E-state index contributed by atoms with van der Waals surface area (Å²) in [6.07, 6.45) is 3.30. The van der Waals surface area contributed by atoms with Gasteiger partial charge in [0, 0.05) is 11.9 Å². The van der Waals surface area contributed by atoms with Crippen LogP contribution in [0.2, 0.25) is 0 Å². The summed E-state index contributed by atoms with van der Waals surface area (Å²) in [6.45, 7) is 3.93. The van der Waals surface area contributed by atoms with Crippen LogP contribution in [-0.2, 0) is 4.79 Å². The van der Waals surface area contributed by atoms with Gasteiger partial charge in [-0.05, 0) is 43.0 Å². The Labute approximate surface area is 183 Å². The quantitative estimate of drug-likeness (QED) is 0.495. The highest BCUT2D eigenvalue weighted by Gasteiger charge is 2.34. The molecule has 4 heterocycles. The third-order valence-electron chi connectivity index (χ3n) is 5.12. The van der Waals surface area contributed by atoms with Crippen molar-refractivity contribution >= 4 is 28.9 Å². The molecule has 1 unspecified atom stereocenters. The molecule has 0 saturated carbocycles. The van der Waals surface area contributed by atoms with E-state index in [9.17, 15) is 4.79 Å². The van der Waals surface area contributed by atoms with Crippen molar-refractivity contribution in [3.8, 4) is 10.7 Å². The molecule has 1 aromatic carbocycles. The van der Waals surface area contributed by atoms with Crippen molar-refractivity contribution in [1.82, 2.24) is 19.7 Å². The molecule has 1 aliphatic heterocycles. The first-order valence-electron chi connectivity index (χ1n) is 9.86. The van der Waals surface area contributed by atoms with Gasteiger partial charge in [-0.25, -0.2) is 4.68 Å². The molecule has 154 valence electrons. The van der Waals surface area contributed by atoms with Gasteiger partial charge in [0.2, 0.25) is 5.95 Å². The molecule has 0 bridgehead atoms. The standard InChI is InChI=1S/C23H20N6OS/c1-14-6-3-7-16(12-14)20-19(22(30)26-17-8-4-10-24-13-17)15(2)25-23-27-21(28-29(20)23)18-9-5-11-31-18/h3-13,20H,1-2H3,(H,26,30)(H,25,27,28). The number of hydrogen-bond acceptors (Lipinski definition) is 6. The Morgan fingerprint density at radius 3 is 2.81 bits per heavy atom. The lowest BCUT2D eigenvalue weighted by molar-refractivity contribution is -0.113. The topological polar surface area (TPSA) is 84.7 Å². The Hall–Kier alpha value is -3.78. The van der Waals surface area contributed by atoms with Gasteiger partial charge in [0.1, 0.15) is 6.04 Å². The van der Waals surface area contributed by atoms with Gasteiger partial charge >= 0.3 is 0 Å². The summed E-state index contributed by atoms with van der Waals surface area (Å²) in [4.78, 5) is 23.2. The second-order valence-electron chi connectivity index (χ2n) is 7.36. The van der Waals surface area contributed by atoms with Crippen molar-refractivity contribution in [2.75, 3.05) is 10.6 Å². The van der Waals surface area contributed by atoms with E-state index in [4.69, 9.17) is 10.1 Å². The molecule has 2 N–H and O–H groups in total. The Bertz CT molecular complexity index is 1280. The highest BCUT2D eigenvalue weighted by atomic mass is 32.1. The lowest BCUT2D eigenvalue weighted by Gasteiger charge is -2.28. The average Bonchev–Trinajstić information content (AvgIpc) is 3.43. The highest BCUT2D eigenvalue weighted by molar-refractivity contribution is 7.13. The smallest absolute Gasteiger partial charge is 0.255 e. The van der Waals surface area contributed by atoms with Crippen molar-refractivity contribution in [3.63, 3.8) is 0 Å². The van der Waals surface area contributed by atoms with E-state index >= 15 is 0 Å². The van der Waals surface area contributed by atoms with Crippen molar-refractivity contribution < 1.29 is 4.79 Å². The van der Waals surface area contributed by atoms with E-state index in [1.54, 1.807) is 34.5 Å². The zero-order chi connectivity index (χ0) is 21.4. The van der Waals surface area contributed by atoms with Crippen molar-refractivity contribution in [3.05, 3.63) is 88.7 Å². The molecule has 3 aromatic heterocycles. The number of aryl methyl sites for hydroxylation is 1. The molecule has 0 fully saturated rings. The maximum atomic E-state index is 13.4. The largest absolute Gasteiger partial charge is 0.328 e. The fourth-order valence-corrected chi connectivity index (χ4v) is 4.39. The first-order valence-corrected chi connectivity index (χ1v) is 10.7. The molecular weight excluding hydrogens is 408 g/mol. The van der Waals surface area contributed by atoms with E-state index in [1.165, 1.54) is 0 Å². The molecular formula is C23H20N6OS. The number of rotatable bonds is 4. The summed E-state index contributed by atoms with van der Waals surface area (Å²) in [7, 11) is 0. The highest BCUT2D eigenvalue weighted by Crippen LogP contribution is 2.37. The summed E-state index contributed by atoms with van der Waals surface area (Å²) in [5.74, 6) is 1.05. The number of nitrogens with one attached hydrogen (secondary N) is 2. The van der Waals surface area contributed by atoms with Gasteiger partial charge in [0.25, 0.3) is 5.91 Å². The number of nitrogens with zero attached hydrogens (tertiary/aromatic N) is 4. The minimum Gasteiger partial charge on any atom is -0.328 e. The second kappa shape index (κ2) is 7.81.